The highest BCUT2D eigenvalue weighted by atomic mass is 35.5. The van der Waals surface area contributed by atoms with Gasteiger partial charge >= 0.3 is 0 Å². The molecule has 0 saturated heterocycles. The molecular formula is C37H28Cl2N4O3S. The van der Waals surface area contributed by atoms with Crippen LogP contribution in [0.4, 0.5) is 5.69 Å². The van der Waals surface area contributed by atoms with Crippen LogP contribution in [0, 0.1) is 0 Å². The van der Waals surface area contributed by atoms with Gasteiger partial charge in [-0.1, -0.05) is 89.1 Å². The highest BCUT2D eigenvalue weighted by Crippen LogP contribution is 2.32. The molecule has 0 unspecified atom stereocenters. The Kier molecular flexibility index (Phi) is 8.32. The van der Waals surface area contributed by atoms with E-state index in [0.717, 1.165) is 27.6 Å². The van der Waals surface area contributed by atoms with Crippen LogP contribution in [0.1, 0.15) is 29.7 Å². The van der Waals surface area contributed by atoms with Crippen LogP contribution in [0.3, 0.4) is 0 Å². The van der Waals surface area contributed by atoms with E-state index in [1.807, 2.05) is 104 Å². The van der Waals surface area contributed by atoms with E-state index >= 15 is 0 Å². The number of carbonyl (C=O) groups excluding carboxylic acids is 1. The summed E-state index contributed by atoms with van der Waals surface area (Å²) in [6, 6.07) is 29.6. The minimum absolute atomic E-state index is 0.228. The van der Waals surface area contributed by atoms with Crippen molar-refractivity contribution in [2.45, 2.75) is 19.5 Å². The third-order valence-electron chi connectivity index (χ3n) is 8.17. The monoisotopic (exact) mass is 678 g/mol. The van der Waals surface area contributed by atoms with Crippen molar-refractivity contribution in [1.29, 1.82) is 0 Å². The third kappa shape index (κ3) is 5.91. The van der Waals surface area contributed by atoms with E-state index in [-0.39, 0.29) is 11.5 Å². The van der Waals surface area contributed by atoms with Crippen molar-refractivity contribution in [3.63, 3.8) is 0 Å². The number of aromatic nitrogens is 2. The normalized spacial score (nSPS) is 14.6. The summed E-state index contributed by atoms with van der Waals surface area (Å²) in [4.78, 5) is 33.5. The van der Waals surface area contributed by atoms with Crippen LogP contribution in [0.5, 0.6) is 5.75 Å². The molecule has 3 heterocycles. The minimum Gasteiger partial charge on any atom is -0.497 e. The summed E-state index contributed by atoms with van der Waals surface area (Å²) in [5, 5.41) is 5.00. The Morgan fingerprint density at radius 2 is 1.72 bits per heavy atom. The third-order valence-corrected chi connectivity index (χ3v) is 9.89. The molecule has 6 aromatic rings. The molecule has 1 atom stereocenters. The second-order valence-electron chi connectivity index (χ2n) is 11.2. The van der Waals surface area contributed by atoms with Gasteiger partial charge in [0.25, 0.3) is 11.5 Å². The van der Waals surface area contributed by atoms with Crippen LogP contribution in [0.15, 0.2) is 124 Å². The van der Waals surface area contributed by atoms with Crippen molar-refractivity contribution in [3.8, 4) is 5.75 Å². The fraction of sp³-hybridized carbons (Fsp3) is 0.108. The number of amides is 1. The Morgan fingerprint density at radius 3 is 2.47 bits per heavy atom. The van der Waals surface area contributed by atoms with E-state index in [0.29, 0.717) is 48.6 Å². The molecule has 1 aliphatic rings. The van der Waals surface area contributed by atoms with Crippen LogP contribution >= 0.6 is 34.5 Å². The predicted molar refractivity (Wildman–Crippen MR) is 189 cm³/mol. The Labute approximate surface area is 284 Å². The number of anilines is 1. The number of hydrogen-bond acceptors (Lipinski definition) is 5. The van der Waals surface area contributed by atoms with Gasteiger partial charge in [-0.3, -0.25) is 14.2 Å². The quantitative estimate of drug-likeness (QED) is 0.194. The summed E-state index contributed by atoms with van der Waals surface area (Å²) in [5.74, 6) is 0.354. The smallest absolute Gasteiger partial charge is 0.271 e. The summed E-state index contributed by atoms with van der Waals surface area (Å²) < 4.78 is 9.65. The summed E-state index contributed by atoms with van der Waals surface area (Å²) in [6.45, 7) is 2.38. The average molecular weight is 680 g/mol. The lowest BCUT2D eigenvalue weighted by molar-refractivity contribution is -0.113. The number of halogens is 2. The Balaban J connectivity index is 1.35. The number of benzene rings is 4. The number of rotatable bonds is 7. The number of carbonyl (C=O) groups is 1. The van der Waals surface area contributed by atoms with Crippen molar-refractivity contribution < 1.29 is 9.53 Å². The molecule has 4 aromatic carbocycles. The van der Waals surface area contributed by atoms with E-state index in [1.54, 1.807) is 17.7 Å². The Bertz CT molecular complexity index is 2370. The molecule has 7 rings (SSSR count). The first kappa shape index (κ1) is 30.7. The zero-order valence-electron chi connectivity index (χ0n) is 25.4. The second kappa shape index (κ2) is 12.7. The highest BCUT2D eigenvalue weighted by Gasteiger charge is 2.32. The van der Waals surface area contributed by atoms with Gasteiger partial charge in [-0.2, -0.15) is 0 Å². The molecule has 0 fully saturated rings. The number of fused-ring (bicyclic) bond motifs is 2. The first-order valence-electron chi connectivity index (χ1n) is 14.9. The van der Waals surface area contributed by atoms with E-state index in [1.165, 1.54) is 11.3 Å². The lowest BCUT2D eigenvalue weighted by Crippen LogP contribution is -2.40. The first-order chi connectivity index (χ1) is 22.8. The van der Waals surface area contributed by atoms with Crippen LogP contribution < -0.4 is 24.9 Å². The number of ether oxygens (including phenoxy) is 1. The number of hydrogen-bond donors (Lipinski definition) is 1. The topological polar surface area (TPSA) is 77.6 Å². The SMILES string of the molecule is COc1ccc([C@@H]2C(C(=O)Nc3ccccc3)=C(C)N=c3s/c(=C/c4cn(Cc5ccc(Cl)c(Cl)c5)c5ccccc45)c(=O)n32)cc1. The predicted octanol–water partition coefficient (Wildman–Crippen LogP) is 7.19. The fourth-order valence-corrected chi connectivity index (χ4v) is 7.29. The van der Waals surface area contributed by atoms with Gasteiger partial charge in [0.1, 0.15) is 5.75 Å². The van der Waals surface area contributed by atoms with Gasteiger partial charge in [-0.15, -0.1) is 0 Å². The summed E-state index contributed by atoms with van der Waals surface area (Å²) in [5.41, 5.74) is 5.05. The highest BCUT2D eigenvalue weighted by molar-refractivity contribution is 7.07. The van der Waals surface area contributed by atoms with Gasteiger partial charge in [-0.25, -0.2) is 4.99 Å². The average Bonchev–Trinajstić information content (AvgIpc) is 3.58. The molecule has 1 N–H and O–H groups in total. The largest absolute Gasteiger partial charge is 0.497 e. The number of thiazole rings is 1. The van der Waals surface area contributed by atoms with E-state index in [2.05, 4.69) is 16.0 Å². The summed E-state index contributed by atoms with van der Waals surface area (Å²) in [6.07, 6.45) is 3.95. The minimum atomic E-state index is -0.695. The fourth-order valence-electron chi connectivity index (χ4n) is 5.93. The number of para-hydroxylation sites is 2. The molecule has 0 saturated carbocycles. The van der Waals surface area contributed by atoms with Crippen LogP contribution in [0.25, 0.3) is 17.0 Å². The van der Waals surface area contributed by atoms with Crippen molar-refractivity contribution in [2.75, 3.05) is 12.4 Å². The molecule has 10 heteroatoms. The number of allylic oxidation sites excluding steroid dienone is 1. The molecule has 2 aromatic heterocycles. The lowest BCUT2D eigenvalue weighted by atomic mass is 9.95. The summed E-state index contributed by atoms with van der Waals surface area (Å²) in [7, 11) is 1.60. The van der Waals surface area contributed by atoms with Gasteiger partial charge in [0.15, 0.2) is 4.80 Å². The van der Waals surface area contributed by atoms with Crippen molar-refractivity contribution in [2.24, 2.45) is 4.99 Å². The van der Waals surface area contributed by atoms with E-state index in [4.69, 9.17) is 32.9 Å². The molecule has 0 radical (unpaired) electrons. The van der Waals surface area contributed by atoms with Crippen molar-refractivity contribution in [3.05, 3.63) is 161 Å². The van der Waals surface area contributed by atoms with E-state index in [9.17, 15) is 9.59 Å². The second-order valence-corrected chi connectivity index (χ2v) is 13.0. The zero-order chi connectivity index (χ0) is 32.7. The van der Waals surface area contributed by atoms with Crippen LogP contribution in [-0.4, -0.2) is 22.2 Å². The number of nitrogens with zero attached hydrogens (tertiary/aromatic N) is 3. The summed E-state index contributed by atoms with van der Waals surface area (Å²) >= 11 is 13.8. The maximum atomic E-state index is 14.3. The molecular weight excluding hydrogens is 651 g/mol. The van der Waals surface area contributed by atoms with Gasteiger partial charge in [0, 0.05) is 34.9 Å². The lowest BCUT2D eigenvalue weighted by Gasteiger charge is -2.25. The maximum Gasteiger partial charge on any atom is 0.271 e. The van der Waals surface area contributed by atoms with E-state index < -0.39 is 6.04 Å². The molecule has 0 spiro atoms. The molecule has 234 valence electrons. The van der Waals surface area contributed by atoms with Crippen LogP contribution in [0.2, 0.25) is 10.0 Å². The first-order valence-corrected chi connectivity index (χ1v) is 16.4. The Hall–Kier alpha value is -4.89. The molecule has 0 bridgehead atoms. The van der Waals surface area contributed by atoms with Crippen molar-refractivity contribution in [1.82, 2.24) is 9.13 Å². The van der Waals surface area contributed by atoms with Gasteiger partial charge in [-0.05, 0) is 66.6 Å². The zero-order valence-corrected chi connectivity index (χ0v) is 27.7. The van der Waals surface area contributed by atoms with Crippen molar-refractivity contribution >= 4 is 63.1 Å². The number of nitrogens with one attached hydrogen (secondary N) is 1. The Morgan fingerprint density at radius 1 is 0.979 bits per heavy atom. The molecule has 1 aliphatic heterocycles. The molecule has 47 heavy (non-hydrogen) atoms. The molecule has 0 aliphatic carbocycles. The maximum absolute atomic E-state index is 14.3. The van der Waals surface area contributed by atoms with Gasteiger partial charge in [0.05, 0.1) is 39.0 Å². The standard InChI is InChI=1S/C37H28Cl2N4O3S/c1-22-33(35(44)41-26-8-4-3-5-9-26)34(24-13-15-27(46-2)16-14-24)43-36(45)32(47-37(43)40-22)19-25-21-42(31-11-7-6-10-28(25)31)20-23-12-17-29(38)30(39)18-23/h3-19,21,34H,20H2,1-2H3,(H,41,44)/b32-19+/t34-/m1/s1. The number of methoxy groups -OCH3 is 1. The molecule has 1 amide bonds. The van der Waals surface area contributed by atoms with Crippen LogP contribution in [-0.2, 0) is 11.3 Å². The van der Waals surface area contributed by atoms with Gasteiger partial charge in [0.2, 0.25) is 0 Å². The molecule has 7 nitrogen and oxygen atoms in total. The van der Waals surface area contributed by atoms with Gasteiger partial charge < -0.3 is 14.6 Å².